The highest BCUT2D eigenvalue weighted by molar-refractivity contribution is 7.47. The molecule has 62 heavy (non-hydrogen) atoms. The Bertz CT molecular complexity index is 1230. The fraction of sp³-hybridized carbons (Fsp3) is 0.857. The first-order valence-corrected chi connectivity index (χ1v) is 26.4. The predicted molar refractivity (Wildman–Crippen MR) is 248 cm³/mol. The standard InChI is InChI=1S/C49H90NO11P/c1-3-5-7-8-9-10-11-12-13-14-15-16-17-18-19-20-21-22-23-24-29-33-48(54)58-40-43(41-60-62(56,57)59-38-37-50)61-49(55)34-30-26-25-28-32-44-45(47(53)39-46(44)52)36-35-42(51)31-27-6-4-2/h12-13,35-36,42-46,51-52H,3-11,14-34,37-41,50H2,1-2H3,(H,56,57)/b13-12-,36-35+/t42-,43+,44+,45+,46-/m0/s1. The number of aliphatic hydroxyl groups is 2. The number of aliphatic hydroxyl groups excluding tert-OH is 2. The molecule has 1 saturated carbocycles. The molecular weight excluding hydrogens is 810 g/mol. The van der Waals surface area contributed by atoms with Crippen LogP contribution in [0.3, 0.4) is 0 Å². The molecule has 12 nitrogen and oxygen atoms in total. The highest BCUT2D eigenvalue weighted by Gasteiger charge is 2.39. The molecule has 0 heterocycles. The van der Waals surface area contributed by atoms with Gasteiger partial charge in [0.2, 0.25) is 0 Å². The maximum atomic E-state index is 12.7. The smallest absolute Gasteiger partial charge is 0.462 e. The molecule has 0 spiro atoms. The second kappa shape index (κ2) is 39.4. The van der Waals surface area contributed by atoms with E-state index in [0.29, 0.717) is 25.7 Å². The van der Waals surface area contributed by atoms with E-state index in [0.717, 1.165) is 57.8 Å². The lowest BCUT2D eigenvalue weighted by Crippen LogP contribution is -2.29. The number of ketones is 1. The maximum Gasteiger partial charge on any atom is 0.472 e. The van der Waals surface area contributed by atoms with Crippen LogP contribution in [0.2, 0.25) is 0 Å². The van der Waals surface area contributed by atoms with Crippen LogP contribution in [-0.2, 0) is 37.5 Å². The van der Waals surface area contributed by atoms with Crippen LogP contribution < -0.4 is 5.73 Å². The molecule has 362 valence electrons. The molecule has 0 aromatic rings. The normalized spacial score (nSPS) is 18.7. The summed E-state index contributed by atoms with van der Waals surface area (Å²) in [6, 6.07) is 0. The van der Waals surface area contributed by atoms with Crippen molar-refractivity contribution in [2.24, 2.45) is 17.6 Å². The Labute approximate surface area is 376 Å². The number of carbonyl (C=O) groups excluding carboxylic acids is 3. The Hall–Kier alpha value is -1.92. The van der Waals surface area contributed by atoms with Crippen LogP contribution in [0.1, 0.15) is 213 Å². The summed E-state index contributed by atoms with van der Waals surface area (Å²) in [5.41, 5.74) is 5.36. The molecule has 0 aliphatic heterocycles. The SMILES string of the molecule is CCCCCCCC/C=C\CCCCCCCCCCCCCC(=O)OC[C@H](COP(=O)(O)OCCN)OC(=O)CCCCCC[C@H]1[C@@H](O)CC(=O)[C@@H]1/C=C/[C@@H](O)CCCCC. The number of hydrogen-bond donors (Lipinski definition) is 4. The van der Waals surface area contributed by atoms with E-state index in [1.54, 1.807) is 12.2 Å². The maximum absolute atomic E-state index is 12.7. The first-order valence-electron chi connectivity index (χ1n) is 24.9. The van der Waals surface area contributed by atoms with Gasteiger partial charge in [-0.1, -0.05) is 167 Å². The van der Waals surface area contributed by atoms with Gasteiger partial charge in [0.15, 0.2) is 6.10 Å². The number of phosphoric ester groups is 1. The average molecular weight is 900 g/mol. The van der Waals surface area contributed by atoms with Crippen LogP contribution in [0.5, 0.6) is 0 Å². The zero-order valence-electron chi connectivity index (χ0n) is 39.1. The van der Waals surface area contributed by atoms with Gasteiger partial charge in [0.25, 0.3) is 0 Å². The lowest BCUT2D eigenvalue weighted by atomic mass is 9.88. The van der Waals surface area contributed by atoms with E-state index in [1.165, 1.54) is 96.3 Å². The first-order chi connectivity index (χ1) is 30.0. The van der Waals surface area contributed by atoms with Crippen molar-refractivity contribution in [3.63, 3.8) is 0 Å². The van der Waals surface area contributed by atoms with Gasteiger partial charge in [0.05, 0.1) is 25.4 Å². The minimum Gasteiger partial charge on any atom is -0.462 e. The summed E-state index contributed by atoms with van der Waals surface area (Å²) in [7, 11) is -4.45. The molecule has 0 bridgehead atoms. The number of Topliss-reactive ketones (excluding diaryl/α,β-unsaturated/α-hetero) is 1. The third kappa shape index (κ3) is 32.7. The first kappa shape index (κ1) is 58.1. The fourth-order valence-electron chi connectivity index (χ4n) is 7.95. The minimum atomic E-state index is -4.45. The van der Waals surface area contributed by atoms with Gasteiger partial charge in [-0.25, -0.2) is 4.57 Å². The summed E-state index contributed by atoms with van der Waals surface area (Å²) in [6.45, 7) is 3.38. The van der Waals surface area contributed by atoms with Gasteiger partial charge in [-0.15, -0.1) is 0 Å². The number of unbranched alkanes of at least 4 members (excludes halogenated alkanes) is 22. The van der Waals surface area contributed by atoms with Crippen LogP contribution in [0, 0.1) is 11.8 Å². The van der Waals surface area contributed by atoms with E-state index in [2.05, 4.69) is 26.0 Å². The van der Waals surface area contributed by atoms with Gasteiger partial charge in [0, 0.05) is 31.7 Å². The number of carbonyl (C=O) groups is 3. The van der Waals surface area contributed by atoms with Crippen LogP contribution in [-0.4, -0.2) is 77.5 Å². The van der Waals surface area contributed by atoms with Gasteiger partial charge in [0.1, 0.15) is 12.4 Å². The monoisotopic (exact) mass is 900 g/mol. The van der Waals surface area contributed by atoms with E-state index in [-0.39, 0.29) is 50.7 Å². The molecule has 0 aromatic carbocycles. The largest absolute Gasteiger partial charge is 0.472 e. The topological polar surface area (TPSA) is 192 Å². The van der Waals surface area contributed by atoms with E-state index in [1.807, 2.05) is 0 Å². The van der Waals surface area contributed by atoms with Crippen molar-refractivity contribution in [1.29, 1.82) is 0 Å². The van der Waals surface area contributed by atoms with Crippen LogP contribution in [0.15, 0.2) is 24.3 Å². The molecule has 0 saturated heterocycles. The van der Waals surface area contributed by atoms with Gasteiger partial charge in [-0.3, -0.25) is 23.4 Å². The predicted octanol–water partition coefficient (Wildman–Crippen LogP) is 11.3. The van der Waals surface area contributed by atoms with Gasteiger partial charge >= 0.3 is 19.8 Å². The summed E-state index contributed by atoms with van der Waals surface area (Å²) in [5.74, 6) is -1.57. The molecule has 0 radical (unpaired) electrons. The molecule has 0 amide bonds. The summed E-state index contributed by atoms with van der Waals surface area (Å²) >= 11 is 0. The van der Waals surface area contributed by atoms with Gasteiger partial charge < -0.3 is 30.3 Å². The number of nitrogens with two attached hydrogens (primary N) is 1. The van der Waals surface area contributed by atoms with Crippen LogP contribution >= 0.6 is 7.82 Å². The number of allylic oxidation sites excluding steroid dienone is 3. The van der Waals surface area contributed by atoms with E-state index in [9.17, 15) is 34.1 Å². The van der Waals surface area contributed by atoms with Crippen LogP contribution in [0.25, 0.3) is 0 Å². The molecular formula is C49H90NO11P. The second-order valence-electron chi connectivity index (χ2n) is 17.5. The van der Waals surface area contributed by atoms with E-state index >= 15 is 0 Å². The Morgan fingerprint density at radius 2 is 1.24 bits per heavy atom. The third-order valence-electron chi connectivity index (χ3n) is 11.7. The highest BCUT2D eigenvalue weighted by atomic mass is 31.2. The van der Waals surface area contributed by atoms with Gasteiger partial charge in [-0.2, -0.15) is 0 Å². The van der Waals surface area contributed by atoms with E-state index in [4.69, 9.17) is 24.3 Å². The molecule has 1 aliphatic carbocycles. The number of rotatable bonds is 43. The summed E-state index contributed by atoms with van der Waals surface area (Å²) in [4.78, 5) is 47.8. The number of hydrogen-bond acceptors (Lipinski definition) is 11. The fourth-order valence-corrected chi connectivity index (χ4v) is 8.71. The summed E-state index contributed by atoms with van der Waals surface area (Å²) < 4.78 is 32.9. The van der Waals surface area contributed by atoms with Crippen molar-refractivity contribution in [2.45, 2.75) is 231 Å². The molecule has 1 rings (SSSR count). The van der Waals surface area contributed by atoms with Crippen molar-refractivity contribution in [3.05, 3.63) is 24.3 Å². The molecule has 0 aromatic heterocycles. The zero-order chi connectivity index (χ0) is 45.5. The lowest BCUT2D eigenvalue weighted by molar-refractivity contribution is -0.161. The molecule has 1 unspecified atom stereocenters. The molecule has 13 heteroatoms. The average Bonchev–Trinajstić information content (AvgIpc) is 3.52. The Kier molecular flexibility index (Phi) is 37.0. The summed E-state index contributed by atoms with van der Waals surface area (Å²) in [5, 5.41) is 20.8. The third-order valence-corrected chi connectivity index (χ3v) is 12.7. The van der Waals surface area contributed by atoms with Crippen LogP contribution in [0.4, 0.5) is 0 Å². The highest BCUT2D eigenvalue weighted by Crippen LogP contribution is 2.43. The van der Waals surface area contributed by atoms with Gasteiger partial charge in [-0.05, 0) is 57.3 Å². The number of phosphoric acid groups is 1. The minimum absolute atomic E-state index is 0.000223. The van der Waals surface area contributed by atoms with Crippen molar-refractivity contribution in [3.8, 4) is 0 Å². The van der Waals surface area contributed by atoms with Crippen molar-refractivity contribution >= 4 is 25.5 Å². The van der Waals surface area contributed by atoms with Crippen molar-refractivity contribution in [2.75, 3.05) is 26.4 Å². The van der Waals surface area contributed by atoms with E-state index < -0.39 is 50.6 Å². The molecule has 1 fully saturated rings. The Morgan fingerprint density at radius 1 is 0.726 bits per heavy atom. The Morgan fingerprint density at radius 3 is 1.82 bits per heavy atom. The van der Waals surface area contributed by atoms with Crippen molar-refractivity contribution < 1.29 is 52.6 Å². The zero-order valence-corrected chi connectivity index (χ0v) is 40.0. The number of esters is 2. The quantitative estimate of drug-likeness (QED) is 0.0196. The molecule has 5 N–H and O–H groups in total. The summed E-state index contributed by atoms with van der Waals surface area (Å²) in [6.07, 6.45) is 36.8. The Balaban J connectivity index is 2.28. The number of ether oxygens (including phenoxy) is 2. The van der Waals surface area contributed by atoms with Crippen molar-refractivity contribution in [1.82, 2.24) is 0 Å². The molecule has 6 atom stereocenters. The lowest BCUT2D eigenvalue weighted by Gasteiger charge is -2.20. The second-order valence-corrected chi connectivity index (χ2v) is 18.9. The molecule has 1 aliphatic rings.